The topological polar surface area (TPSA) is 673 Å². The van der Waals surface area contributed by atoms with Crippen molar-refractivity contribution < 1.29 is 161 Å². The van der Waals surface area contributed by atoms with Crippen LogP contribution in [0.2, 0.25) is 0 Å². The Bertz CT molecular complexity index is 3660. The highest BCUT2D eigenvalue weighted by molar-refractivity contribution is 7.85. The van der Waals surface area contributed by atoms with Crippen LogP contribution in [0.25, 0.3) is 0 Å². The molecule has 42 nitrogen and oxygen atoms in total. The van der Waals surface area contributed by atoms with Gasteiger partial charge in [-0.25, -0.2) is 0 Å². The van der Waals surface area contributed by atoms with Gasteiger partial charge in [-0.05, 0) is 102 Å². The number of ether oxygens (including phenoxy) is 2. The van der Waals surface area contributed by atoms with E-state index in [2.05, 4.69) is 87.7 Å². The van der Waals surface area contributed by atoms with Gasteiger partial charge < -0.3 is 119 Å². The molecule has 0 saturated heterocycles. The molecule has 764 valence electrons. The minimum Gasteiger partial charge on any atom is -0.381 e. The van der Waals surface area contributed by atoms with Gasteiger partial charge >= 0.3 is 53.2 Å². The standard InChI is InChI=1S/C17H34NO4P.C13H26NO4P.C11H22NO5P.C10H20NO4P.C9H18NO4P.C8H16NO5P.C7H13NO4S.C5H10NO4P/c1-3-5-6-7-8-9-10-11-12-13-14-18(17(19)4-2)15-16-23(20,21)22;1-3-5-6-7-8-9-10-14(13(15)4-2)11-12-19(16,17)18;1-2-11(13)12-7-5-3-4-6-8-17-9-10-18(14,15)16;1-4-5-6-11(10(12)9(2)3)7-8-16(13,14)15;1-3-5-6-10(9(11)4-2)7-8-15(12,13)14;1-2-8(10)9-4-3-5-14-6-7-15(11,12)13;1-6(2)7(9)8-4-3-5-13(10,11)12;1-2-5(7)6-3-4-11(8,9)10/h4H,2-3,5-16H2,1H3,(H2,20,21,22);4H,2-3,5-12H2,1H3,(H2,16,17,18);2H,1,3-10H2,(H,12,13)(H2,14,15,16);2,4-8H2,1,3H3,(H2,13,14,15);4H,2-3,5-8H2,1H3,(H2,12,13,14);2H,1,3-7H2,(H,9,10)(H2,11,12,13);1,3-5H2,2H3,(H,8,9)(H,10,11,12);2H,1,3-4H2,(H,6,7)(H2,8,9,10). The van der Waals surface area contributed by atoms with Crippen molar-refractivity contribution in [2.75, 3.05) is 154 Å². The first-order valence-electron chi connectivity index (χ1n) is 42.9. The van der Waals surface area contributed by atoms with Crippen molar-refractivity contribution in [2.24, 2.45) is 0 Å². The molecular weight excluding hydrogens is 1870 g/mol. The molecular formula is C80H159N8O34P7S. The monoisotopic (exact) mass is 2020 g/mol. The SMILES string of the molecule is C=C(C)C(=O)N(CCCC)CCP(=O)(O)O.C=C(C)C(=O)NCCCS(=O)(=O)O.C=CC(=O)N(CCCC)CCP(=O)(O)O.C=CC(=O)N(CCCCCCCC)CCP(=O)(O)O.C=CC(=O)N(CCCCCCCCCCCC)CCP(=O)(O)O.C=CC(=O)NCCCCCCOCCP(=O)(O)O.C=CC(=O)NCCCOCCP(=O)(O)O.C=CC(=O)NCCP(=O)(O)O. The lowest BCUT2D eigenvalue weighted by molar-refractivity contribution is -0.127. The molecule has 0 aliphatic rings. The van der Waals surface area contributed by atoms with E-state index in [1.165, 1.54) is 108 Å². The zero-order chi connectivity index (χ0) is 102. The molecule has 0 saturated carbocycles. The maximum atomic E-state index is 11.7. The number of carbonyl (C=O) groups excluding carboxylic acids is 8. The highest BCUT2D eigenvalue weighted by Crippen LogP contribution is 2.37. The van der Waals surface area contributed by atoms with Crippen molar-refractivity contribution in [3.05, 3.63) is 100 Å². The molecule has 8 amide bonds. The number of rotatable bonds is 68. The van der Waals surface area contributed by atoms with Crippen LogP contribution in [0, 0.1) is 0 Å². The fraction of sp³-hybridized carbons (Fsp3) is 0.700. The second-order valence-electron chi connectivity index (χ2n) is 29.2. The molecule has 0 unspecified atom stereocenters. The number of unbranched alkanes of at least 4 members (excludes halogenated alkanes) is 19. The summed E-state index contributed by atoms with van der Waals surface area (Å²) in [6.45, 7) is 43.2. The number of hydrogen-bond acceptors (Lipinski definition) is 19. The van der Waals surface area contributed by atoms with Crippen molar-refractivity contribution in [1.82, 2.24) is 40.9 Å². The van der Waals surface area contributed by atoms with Crippen molar-refractivity contribution >= 4 is 111 Å². The van der Waals surface area contributed by atoms with Crippen LogP contribution >= 0.6 is 53.2 Å². The predicted molar refractivity (Wildman–Crippen MR) is 508 cm³/mol. The second kappa shape index (κ2) is 86.4. The van der Waals surface area contributed by atoms with Crippen LogP contribution in [-0.4, -0.2) is 302 Å². The molecule has 0 aliphatic carbocycles. The molecule has 0 aromatic carbocycles. The molecule has 0 aromatic heterocycles. The first-order valence-corrected chi connectivity index (χ1v) is 57.1. The van der Waals surface area contributed by atoms with Crippen LogP contribution < -0.4 is 21.3 Å². The Morgan fingerprint density at radius 1 is 0.300 bits per heavy atom. The fourth-order valence-electron chi connectivity index (χ4n) is 9.54. The molecule has 130 heavy (non-hydrogen) atoms. The molecule has 0 spiro atoms. The lowest BCUT2D eigenvalue weighted by atomic mass is 10.1. The van der Waals surface area contributed by atoms with E-state index in [0.717, 1.165) is 102 Å². The van der Waals surface area contributed by atoms with E-state index >= 15 is 0 Å². The third kappa shape index (κ3) is 121. The summed E-state index contributed by atoms with van der Waals surface area (Å²) in [5.41, 5.74) is 0.758. The molecule has 0 rings (SSSR count). The predicted octanol–water partition coefficient (Wildman–Crippen LogP) is 9.33. The van der Waals surface area contributed by atoms with Gasteiger partial charge in [0, 0.05) is 103 Å². The van der Waals surface area contributed by atoms with Gasteiger partial charge in [-0.1, -0.05) is 196 Å². The summed E-state index contributed by atoms with van der Waals surface area (Å²) in [7, 11) is -32.0. The van der Waals surface area contributed by atoms with Gasteiger partial charge in [0.05, 0.1) is 62.1 Å². The first kappa shape index (κ1) is 140. The fourth-order valence-corrected chi connectivity index (χ4v) is 13.2. The molecule has 0 aromatic rings. The van der Waals surface area contributed by atoms with E-state index in [1.54, 1.807) is 13.8 Å². The Labute approximate surface area is 771 Å². The number of carbonyl (C=O) groups is 8. The van der Waals surface area contributed by atoms with Crippen molar-refractivity contribution in [2.45, 2.75) is 208 Å². The Kier molecular flexibility index (Phi) is 93.0. The summed E-state index contributed by atoms with van der Waals surface area (Å²) in [6, 6.07) is 0. The number of amides is 8. The average Bonchev–Trinajstić information content (AvgIpc) is 0.902. The molecule has 0 bridgehead atoms. The largest absolute Gasteiger partial charge is 0.381 e. The Morgan fingerprint density at radius 3 is 0.854 bits per heavy atom. The Hall–Kier alpha value is -5.44. The van der Waals surface area contributed by atoms with Gasteiger partial charge in [0.1, 0.15) is 0 Å². The Morgan fingerprint density at radius 2 is 0.562 bits per heavy atom. The van der Waals surface area contributed by atoms with E-state index in [4.69, 9.17) is 82.5 Å². The van der Waals surface area contributed by atoms with E-state index in [1.807, 2.05) is 13.8 Å². The zero-order valence-corrected chi connectivity index (χ0v) is 84.3. The maximum absolute atomic E-state index is 11.7. The van der Waals surface area contributed by atoms with Gasteiger partial charge in [0.25, 0.3) is 10.1 Å². The lowest BCUT2D eigenvalue weighted by Gasteiger charge is -2.22. The van der Waals surface area contributed by atoms with Crippen LogP contribution in [0.1, 0.15) is 208 Å². The van der Waals surface area contributed by atoms with Gasteiger partial charge in [0.15, 0.2) is 0 Å². The summed E-state index contributed by atoms with van der Waals surface area (Å²) in [6.07, 6.45) is 31.9. The van der Waals surface area contributed by atoms with Gasteiger partial charge in [-0.15, -0.1) is 0 Å². The first-order chi connectivity index (χ1) is 60.2. The average molecular weight is 2030 g/mol. The summed E-state index contributed by atoms with van der Waals surface area (Å²) in [4.78, 5) is 216. The highest BCUT2D eigenvalue weighted by Gasteiger charge is 2.23. The van der Waals surface area contributed by atoms with E-state index in [-0.39, 0.29) is 149 Å². The van der Waals surface area contributed by atoms with E-state index in [9.17, 15) is 78.7 Å². The summed E-state index contributed by atoms with van der Waals surface area (Å²) in [5.74, 6) is -2.52. The smallest absolute Gasteiger partial charge is 0.327 e. The van der Waals surface area contributed by atoms with Gasteiger partial charge in [0.2, 0.25) is 47.3 Å². The molecule has 19 N–H and O–H groups in total. The zero-order valence-electron chi connectivity index (χ0n) is 77.3. The number of hydrogen-bond donors (Lipinski definition) is 19. The van der Waals surface area contributed by atoms with Gasteiger partial charge in [-0.2, -0.15) is 8.42 Å². The Balaban J connectivity index is -0.000000220. The van der Waals surface area contributed by atoms with E-state index in [0.29, 0.717) is 70.0 Å². The second-order valence-corrected chi connectivity index (χ2v) is 43.2. The van der Waals surface area contributed by atoms with Gasteiger partial charge in [-0.3, -0.25) is 74.9 Å². The van der Waals surface area contributed by atoms with Crippen molar-refractivity contribution in [1.29, 1.82) is 0 Å². The molecule has 0 atom stereocenters. The summed E-state index contributed by atoms with van der Waals surface area (Å²) in [5, 5.41) is 9.91. The molecule has 0 aliphatic heterocycles. The maximum Gasteiger partial charge on any atom is 0.327 e. The van der Waals surface area contributed by atoms with Crippen molar-refractivity contribution in [3.8, 4) is 0 Å². The van der Waals surface area contributed by atoms with Crippen LogP contribution in [0.15, 0.2) is 100 Å². The van der Waals surface area contributed by atoms with Crippen LogP contribution in [-0.2, 0) is 89.9 Å². The van der Waals surface area contributed by atoms with Crippen LogP contribution in [0.4, 0.5) is 0 Å². The molecule has 0 heterocycles. The number of nitrogens with one attached hydrogen (secondary N) is 4. The minimum absolute atomic E-state index is 0.0275. The highest BCUT2D eigenvalue weighted by atomic mass is 32.2. The van der Waals surface area contributed by atoms with Crippen LogP contribution in [0.5, 0.6) is 0 Å². The minimum atomic E-state index is -4.06. The van der Waals surface area contributed by atoms with Crippen LogP contribution in [0.3, 0.4) is 0 Å². The lowest BCUT2D eigenvalue weighted by Crippen LogP contribution is -2.34. The third-order valence-corrected chi connectivity index (χ3v) is 23.0. The molecule has 50 heteroatoms. The number of nitrogens with zero attached hydrogens (tertiary/aromatic N) is 4. The van der Waals surface area contributed by atoms with E-state index < -0.39 is 69.2 Å². The molecule has 0 radical (unpaired) electrons. The van der Waals surface area contributed by atoms with Crippen molar-refractivity contribution in [3.63, 3.8) is 0 Å². The third-order valence-electron chi connectivity index (χ3n) is 16.7. The normalized spacial score (nSPS) is 11.2. The summed E-state index contributed by atoms with van der Waals surface area (Å²) < 4.78 is 113. The molecule has 0 fully saturated rings. The quantitative estimate of drug-likeness (QED) is 0.0117. The summed E-state index contributed by atoms with van der Waals surface area (Å²) >= 11 is 0.